The maximum Gasteiger partial charge on any atom is 0.305 e. The highest BCUT2D eigenvalue weighted by atomic mass is 16.4. The lowest BCUT2D eigenvalue weighted by molar-refractivity contribution is -0.145. The summed E-state index contributed by atoms with van der Waals surface area (Å²) in [6.45, 7) is 10.7. The maximum absolute atomic E-state index is 13.5. The number of aromatic nitrogens is 1. The van der Waals surface area contributed by atoms with Crippen LogP contribution in [-0.2, 0) is 14.4 Å². The van der Waals surface area contributed by atoms with Gasteiger partial charge >= 0.3 is 5.97 Å². The van der Waals surface area contributed by atoms with Gasteiger partial charge in [0.2, 0.25) is 11.8 Å². The van der Waals surface area contributed by atoms with E-state index >= 15 is 0 Å². The Hall–Kier alpha value is -3.22. The van der Waals surface area contributed by atoms with Gasteiger partial charge in [-0.25, -0.2) is 0 Å². The molecule has 188 valence electrons. The Labute approximate surface area is 207 Å². The maximum atomic E-state index is 13.5. The van der Waals surface area contributed by atoms with Crippen LogP contribution in [0.5, 0.6) is 0 Å². The molecule has 0 spiro atoms. The van der Waals surface area contributed by atoms with Crippen LogP contribution in [0, 0.1) is 25.7 Å². The predicted molar refractivity (Wildman–Crippen MR) is 136 cm³/mol. The second-order valence-corrected chi connectivity index (χ2v) is 10.3. The zero-order valence-corrected chi connectivity index (χ0v) is 21.4. The SMILES string of the molecule is Cc1cccc(C)c1-c1cncc([C@H](CC(=O)O)NC(=O)[C@@H](CC(C)C)N2CC[C@H](C)CC2=O)c1. The third-order valence-corrected chi connectivity index (χ3v) is 6.71. The predicted octanol–water partition coefficient (Wildman–Crippen LogP) is 4.67. The van der Waals surface area contributed by atoms with Crippen molar-refractivity contribution in [1.82, 2.24) is 15.2 Å². The Morgan fingerprint density at radius 1 is 1.20 bits per heavy atom. The highest BCUT2D eigenvalue weighted by Crippen LogP contribution is 2.30. The van der Waals surface area contributed by atoms with Crippen LogP contribution in [-0.4, -0.2) is 45.4 Å². The number of nitrogens with one attached hydrogen (secondary N) is 1. The summed E-state index contributed by atoms with van der Waals surface area (Å²) in [5, 5.41) is 12.6. The van der Waals surface area contributed by atoms with Gasteiger partial charge in [0.15, 0.2) is 0 Å². The minimum absolute atomic E-state index is 0.0157. The van der Waals surface area contributed by atoms with Gasteiger partial charge in [-0.3, -0.25) is 19.4 Å². The summed E-state index contributed by atoms with van der Waals surface area (Å²) in [5.74, 6) is -0.843. The zero-order valence-electron chi connectivity index (χ0n) is 21.4. The first kappa shape index (κ1) is 26.4. The number of aliphatic carboxylic acids is 1. The van der Waals surface area contributed by atoms with E-state index in [1.807, 2.05) is 58.9 Å². The van der Waals surface area contributed by atoms with E-state index in [1.54, 1.807) is 17.3 Å². The number of likely N-dealkylation sites (tertiary alicyclic amines) is 1. The van der Waals surface area contributed by atoms with Crippen LogP contribution in [0.4, 0.5) is 0 Å². The normalized spacial score (nSPS) is 17.8. The number of amides is 2. The van der Waals surface area contributed by atoms with Gasteiger partial charge in [0.1, 0.15) is 6.04 Å². The third-order valence-electron chi connectivity index (χ3n) is 6.71. The van der Waals surface area contributed by atoms with E-state index in [0.717, 1.165) is 28.7 Å². The van der Waals surface area contributed by atoms with E-state index in [0.29, 0.717) is 30.9 Å². The van der Waals surface area contributed by atoms with E-state index < -0.39 is 18.1 Å². The lowest BCUT2D eigenvalue weighted by atomic mass is 9.93. The largest absolute Gasteiger partial charge is 0.481 e. The van der Waals surface area contributed by atoms with Gasteiger partial charge < -0.3 is 15.3 Å². The fraction of sp³-hybridized carbons (Fsp3) is 0.500. The molecule has 3 atom stereocenters. The monoisotopic (exact) mass is 479 g/mol. The molecule has 0 radical (unpaired) electrons. The Morgan fingerprint density at radius 3 is 2.49 bits per heavy atom. The number of pyridine rings is 1. The summed E-state index contributed by atoms with van der Waals surface area (Å²) in [6, 6.07) is 6.57. The Bertz CT molecular complexity index is 1060. The van der Waals surface area contributed by atoms with E-state index in [1.165, 1.54) is 0 Å². The van der Waals surface area contributed by atoms with E-state index in [9.17, 15) is 19.5 Å². The summed E-state index contributed by atoms with van der Waals surface area (Å²) < 4.78 is 0. The quantitative estimate of drug-likeness (QED) is 0.544. The van der Waals surface area contributed by atoms with Crippen molar-refractivity contribution in [2.75, 3.05) is 6.54 Å². The molecule has 35 heavy (non-hydrogen) atoms. The highest BCUT2D eigenvalue weighted by molar-refractivity contribution is 5.88. The van der Waals surface area contributed by atoms with Gasteiger partial charge in [-0.15, -0.1) is 0 Å². The van der Waals surface area contributed by atoms with Crippen molar-refractivity contribution < 1.29 is 19.5 Å². The van der Waals surface area contributed by atoms with Gasteiger partial charge in [-0.05, 0) is 66.8 Å². The molecule has 0 aliphatic carbocycles. The lowest BCUT2D eigenvalue weighted by Crippen LogP contribution is -2.53. The Balaban J connectivity index is 1.91. The fourth-order valence-corrected chi connectivity index (χ4v) is 4.90. The van der Waals surface area contributed by atoms with Gasteiger partial charge in [0.05, 0.1) is 12.5 Å². The van der Waals surface area contributed by atoms with Crippen molar-refractivity contribution in [3.8, 4) is 11.1 Å². The lowest BCUT2D eigenvalue weighted by Gasteiger charge is -2.37. The average Bonchev–Trinajstić information content (AvgIpc) is 2.77. The van der Waals surface area contributed by atoms with Crippen LogP contribution < -0.4 is 5.32 Å². The molecule has 1 saturated heterocycles. The molecule has 1 aromatic heterocycles. The number of nitrogens with zero attached hydrogens (tertiary/aromatic N) is 2. The number of aryl methyl sites for hydroxylation is 2. The summed E-state index contributed by atoms with van der Waals surface area (Å²) in [6.07, 6.45) is 4.90. The number of carboxylic acids is 1. The first-order valence-corrected chi connectivity index (χ1v) is 12.4. The molecule has 7 nitrogen and oxygen atoms in total. The van der Waals surface area contributed by atoms with Crippen molar-refractivity contribution in [3.63, 3.8) is 0 Å². The van der Waals surface area contributed by atoms with Crippen LogP contribution in [0.25, 0.3) is 11.1 Å². The van der Waals surface area contributed by atoms with E-state index in [4.69, 9.17) is 0 Å². The summed E-state index contributed by atoms with van der Waals surface area (Å²) >= 11 is 0. The van der Waals surface area contributed by atoms with Crippen LogP contribution in [0.3, 0.4) is 0 Å². The van der Waals surface area contributed by atoms with Crippen LogP contribution in [0.2, 0.25) is 0 Å². The second-order valence-electron chi connectivity index (χ2n) is 10.3. The highest BCUT2D eigenvalue weighted by Gasteiger charge is 2.35. The van der Waals surface area contributed by atoms with E-state index in [-0.39, 0.29) is 24.2 Å². The molecular weight excluding hydrogens is 442 g/mol. The van der Waals surface area contributed by atoms with Crippen molar-refractivity contribution in [1.29, 1.82) is 0 Å². The molecule has 2 amide bonds. The van der Waals surface area contributed by atoms with Crippen molar-refractivity contribution in [2.24, 2.45) is 11.8 Å². The van der Waals surface area contributed by atoms with Gasteiger partial charge in [-0.2, -0.15) is 0 Å². The molecule has 1 fully saturated rings. The zero-order chi connectivity index (χ0) is 25.7. The Kier molecular flexibility index (Phi) is 8.65. The van der Waals surface area contributed by atoms with Crippen molar-refractivity contribution >= 4 is 17.8 Å². The number of benzene rings is 1. The molecule has 0 unspecified atom stereocenters. The molecule has 0 saturated carbocycles. The fourth-order valence-electron chi connectivity index (χ4n) is 4.90. The molecule has 1 aliphatic rings. The summed E-state index contributed by atoms with van der Waals surface area (Å²) in [7, 11) is 0. The first-order chi connectivity index (χ1) is 16.6. The number of carbonyl (C=O) groups excluding carboxylic acids is 2. The van der Waals surface area contributed by atoms with Crippen LogP contribution in [0.1, 0.15) is 69.2 Å². The number of hydrogen-bond donors (Lipinski definition) is 2. The van der Waals surface area contributed by atoms with Crippen LogP contribution >= 0.6 is 0 Å². The number of carbonyl (C=O) groups is 3. The minimum Gasteiger partial charge on any atom is -0.481 e. The molecule has 1 aliphatic heterocycles. The molecular formula is C28H37N3O4. The van der Waals surface area contributed by atoms with Gasteiger partial charge in [-0.1, -0.05) is 39.0 Å². The van der Waals surface area contributed by atoms with E-state index in [2.05, 4.69) is 10.3 Å². The standard InChI is InChI=1S/C28H37N3O4/c1-17(2)11-24(31-10-9-18(3)12-25(31)32)28(35)30-23(14-26(33)34)21-13-22(16-29-15-21)27-19(4)7-6-8-20(27)5/h6-8,13,15-18,23-24H,9-12,14H2,1-5H3,(H,30,35)(H,33,34)/t18-,23-,24+/m0/s1. The molecule has 2 aromatic rings. The van der Waals surface area contributed by atoms with Crippen LogP contribution in [0.15, 0.2) is 36.7 Å². The summed E-state index contributed by atoms with van der Waals surface area (Å²) in [5.41, 5.74) is 4.74. The first-order valence-electron chi connectivity index (χ1n) is 12.4. The molecule has 2 N–H and O–H groups in total. The number of carboxylic acid groups (broad SMARTS) is 1. The summed E-state index contributed by atoms with van der Waals surface area (Å²) in [4.78, 5) is 44.1. The van der Waals surface area contributed by atoms with Crippen molar-refractivity contribution in [2.45, 2.75) is 72.4 Å². The Morgan fingerprint density at radius 2 is 1.89 bits per heavy atom. The number of piperidine rings is 1. The number of hydrogen-bond acceptors (Lipinski definition) is 4. The van der Waals surface area contributed by atoms with Crippen molar-refractivity contribution in [3.05, 3.63) is 53.3 Å². The molecule has 2 heterocycles. The second kappa shape index (κ2) is 11.5. The smallest absolute Gasteiger partial charge is 0.305 e. The molecule has 0 bridgehead atoms. The topological polar surface area (TPSA) is 99.6 Å². The molecule has 1 aromatic carbocycles. The van der Waals surface area contributed by atoms with Gasteiger partial charge in [0.25, 0.3) is 0 Å². The minimum atomic E-state index is -1.02. The molecule has 7 heteroatoms. The molecule has 3 rings (SSSR count). The third kappa shape index (κ3) is 6.68. The van der Waals surface area contributed by atoms with Gasteiger partial charge in [0, 0.05) is 30.9 Å². The number of rotatable bonds is 9. The average molecular weight is 480 g/mol.